The second kappa shape index (κ2) is 10.5. The first kappa shape index (κ1) is 25.9. The number of aromatic nitrogens is 3. The lowest BCUT2D eigenvalue weighted by Gasteiger charge is -2.07. The van der Waals surface area contributed by atoms with Crippen molar-refractivity contribution >= 4 is 42.4 Å². The van der Waals surface area contributed by atoms with Crippen LogP contribution in [0, 0.1) is 12.7 Å². The Labute approximate surface area is 219 Å². The van der Waals surface area contributed by atoms with Gasteiger partial charge in [0.15, 0.2) is 15.7 Å². The zero-order valence-corrected chi connectivity index (χ0v) is 21.5. The Balaban J connectivity index is 1.37. The molecule has 0 saturated carbocycles. The summed E-state index contributed by atoms with van der Waals surface area (Å²) >= 11 is 1.21. The lowest BCUT2D eigenvalue weighted by molar-refractivity contribution is -0.0528. The molecule has 3 aromatic carbocycles. The molecule has 2 heterocycles. The number of benzene rings is 3. The van der Waals surface area contributed by atoms with Crippen LogP contribution in [0.25, 0.3) is 31.8 Å². The van der Waals surface area contributed by atoms with Crippen LogP contribution in [0.2, 0.25) is 0 Å². The molecular weight excluding hydrogens is 539 g/mol. The molecule has 2 aromatic heterocycles. The number of hydrogen-bond donors (Lipinski definition) is 0. The monoisotopic (exact) mass is 559 g/mol. The van der Waals surface area contributed by atoms with Crippen molar-refractivity contribution < 1.29 is 31.1 Å². The van der Waals surface area contributed by atoms with Crippen LogP contribution < -0.4 is 9.47 Å². The van der Waals surface area contributed by atoms with E-state index < -0.39 is 22.3 Å². The first-order chi connectivity index (χ1) is 18.2. The number of halogens is 3. The third kappa shape index (κ3) is 5.55. The maximum Gasteiger partial charge on any atom is 0.388 e. The minimum atomic E-state index is -3.43. The molecule has 196 valence electrons. The Hall–Kier alpha value is -3.77. The third-order valence-electron chi connectivity index (χ3n) is 5.56. The number of thiazole rings is 1. The van der Waals surface area contributed by atoms with Gasteiger partial charge in [-0.1, -0.05) is 18.2 Å². The number of nitrogens with zero attached hydrogens (tertiary/aromatic N) is 3. The molecular formula is C26H20F3N3O4S2. The van der Waals surface area contributed by atoms with Crippen LogP contribution in [0.15, 0.2) is 65.7 Å². The van der Waals surface area contributed by atoms with Crippen molar-refractivity contribution in [2.24, 2.45) is 0 Å². The van der Waals surface area contributed by atoms with Gasteiger partial charge in [0.1, 0.15) is 16.3 Å². The van der Waals surface area contributed by atoms with Crippen LogP contribution in [0.5, 0.6) is 11.6 Å². The molecule has 0 amide bonds. The summed E-state index contributed by atoms with van der Waals surface area (Å²) in [6, 6.07) is 14.5. The van der Waals surface area contributed by atoms with Crippen molar-refractivity contribution in [2.45, 2.75) is 24.9 Å². The van der Waals surface area contributed by atoms with Crippen LogP contribution in [0.4, 0.5) is 13.2 Å². The standard InChI is InChI=1S/C26H20F3N3O4S2/c1-15-10-18(23-20(11-15)31-22(14-30-23)36-26(28)29)25-32-24-19(27)12-16(13-21(24)37-25)35-8-5-9-38(33,34)17-6-3-2-4-7-17/h2-4,6-7,10-14,26H,5,8-9H2,1H3. The summed E-state index contributed by atoms with van der Waals surface area (Å²) in [5.41, 5.74) is 2.25. The third-order valence-corrected chi connectivity index (χ3v) is 8.41. The molecule has 0 N–H and O–H groups in total. The van der Waals surface area contributed by atoms with Gasteiger partial charge in [-0.25, -0.2) is 27.8 Å². The highest BCUT2D eigenvalue weighted by Crippen LogP contribution is 2.37. The fourth-order valence-corrected chi connectivity index (χ4v) is 6.24. The number of alkyl halides is 2. The zero-order valence-electron chi connectivity index (χ0n) is 19.9. The smallest absolute Gasteiger partial charge is 0.388 e. The van der Waals surface area contributed by atoms with Crippen LogP contribution in [0.3, 0.4) is 0 Å². The Morgan fingerprint density at radius 3 is 2.58 bits per heavy atom. The number of rotatable bonds is 9. The molecule has 7 nitrogen and oxygen atoms in total. The van der Waals surface area contributed by atoms with Gasteiger partial charge >= 0.3 is 6.61 Å². The molecule has 0 aliphatic heterocycles. The molecule has 0 bridgehead atoms. The van der Waals surface area contributed by atoms with Crippen molar-refractivity contribution in [3.05, 3.63) is 72.2 Å². The van der Waals surface area contributed by atoms with E-state index in [4.69, 9.17) is 4.74 Å². The quantitative estimate of drug-likeness (QED) is 0.199. The van der Waals surface area contributed by atoms with Crippen LogP contribution in [-0.2, 0) is 9.84 Å². The summed E-state index contributed by atoms with van der Waals surface area (Å²) in [6.45, 7) is -1.13. The first-order valence-electron chi connectivity index (χ1n) is 11.4. The molecule has 0 aliphatic carbocycles. The lowest BCUT2D eigenvalue weighted by Crippen LogP contribution is -2.10. The number of fused-ring (bicyclic) bond motifs is 2. The van der Waals surface area contributed by atoms with Crippen molar-refractivity contribution in [1.82, 2.24) is 15.0 Å². The van der Waals surface area contributed by atoms with E-state index in [0.29, 0.717) is 26.3 Å². The maximum absolute atomic E-state index is 14.9. The molecule has 0 aliphatic rings. The highest BCUT2D eigenvalue weighted by atomic mass is 32.2. The summed E-state index contributed by atoms with van der Waals surface area (Å²) in [7, 11) is -3.43. The van der Waals surface area contributed by atoms with Crippen molar-refractivity contribution in [1.29, 1.82) is 0 Å². The average Bonchev–Trinajstić information content (AvgIpc) is 3.31. The fourth-order valence-electron chi connectivity index (χ4n) is 3.91. The van der Waals surface area contributed by atoms with Gasteiger partial charge in [-0.05, 0) is 49.2 Å². The van der Waals surface area contributed by atoms with Gasteiger partial charge in [-0.3, -0.25) is 0 Å². The zero-order chi connectivity index (χ0) is 26.9. The fraction of sp³-hybridized carbons (Fsp3) is 0.192. The molecule has 0 fully saturated rings. The van der Waals surface area contributed by atoms with Crippen molar-refractivity contribution in [2.75, 3.05) is 12.4 Å². The maximum atomic E-state index is 14.9. The van der Waals surface area contributed by atoms with E-state index in [2.05, 4.69) is 19.7 Å². The van der Waals surface area contributed by atoms with E-state index in [9.17, 15) is 21.6 Å². The molecule has 0 unspecified atom stereocenters. The Bertz CT molecular complexity index is 1730. The molecule has 0 spiro atoms. The van der Waals surface area contributed by atoms with Crippen molar-refractivity contribution in [3.8, 4) is 22.2 Å². The lowest BCUT2D eigenvalue weighted by atomic mass is 10.1. The Morgan fingerprint density at radius 2 is 1.82 bits per heavy atom. The largest absolute Gasteiger partial charge is 0.493 e. The van der Waals surface area contributed by atoms with E-state index in [0.717, 1.165) is 11.8 Å². The predicted octanol–water partition coefficient (Wildman–Crippen LogP) is 6.20. The second-order valence-electron chi connectivity index (χ2n) is 8.37. The highest BCUT2D eigenvalue weighted by molar-refractivity contribution is 7.91. The Morgan fingerprint density at radius 1 is 1.03 bits per heavy atom. The van der Waals surface area contributed by atoms with E-state index >= 15 is 0 Å². The van der Waals surface area contributed by atoms with Crippen LogP contribution in [-0.4, -0.2) is 42.3 Å². The summed E-state index contributed by atoms with van der Waals surface area (Å²) in [5.74, 6) is -0.742. The van der Waals surface area contributed by atoms with Crippen LogP contribution >= 0.6 is 11.3 Å². The van der Waals surface area contributed by atoms with Gasteiger partial charge in [0.05, 0.1) is 39.2 Å². The molecule has 5 aromatic rings. The predicted molar refractivity (Wildman–Crippen MR) is 138 cm³/mol. The van der Waals surface area contributed by atoms with Gasteiger partial charge in [-0.15, -0.1) is 11.3 Å². The van der Waals surface area contributed by atoms with Gasteiger partial charge in [-0.2, -0.15) is 8.78 Å². The first-order valence-corrected chi connectivity index (χ1v) is 13.9. The van der Waals surface area contributed by atoms with E-state index in [1.165, 1.54) is 17.4 Å². The van der Waals surface area contributed by atoms with Gasteiger partial charge < -0.3 is 9.47 Å². The molecule has 0 saturated heterocycles. The summed E-state index contributed by atoms with van der Waals surface area (Å²) in [6.07, 6.45) is 1.33. The minimum Gasteiger partial charge on any atom is -0.493 e. The minimum absolute atomic E-state index is 0.0871. The van der Waals surface area contributed by atoms with E-state index in [1.54, 1.807) is 42.5 Å². The number of ether oxygens (including phenoxy) is 2. The number of aryl methyl sites for hydroxylation is 1. The topological polar surface area (TPSA) is 91.3 Å². The molecule has 0 atom stereocenters. The van der Waals surface area contributed by atoms with Crippen molar-refractivity contribution in [3.63, 3.8) is 0 Å². The summed E-state index contributed by atoms with van der Waals surface area (Å²) < 4.78 is 75.4. The van der Waals surface area contributed by atoms with E-state index in [1.807, 2.05) is 13.0 Å². The molecule has 5 rings (SSSR count). The molecule has 38 heavy (non-hydrogen) atoms. The summed E-state index contributed by atoms with van der Waals surface area (Å²) in [4.78, 5) is 13.0. The van der Waals surface area contributed by atoms with Gasteiger partial charge in [0.2, 0.25) is 5.88 Å². The van der Waals surface area contributed by atoms with E-state index in [-0.39, 0.29) is 40.8 Å². The second-order valence-corrected chi connectivity index (χ2v) is 11.5. The number of sulfone groups is 1. The summed E-state index contributed by atoms with van der Waals surface area (Å²) in [5, 5.41) is 0.468. The molecule has 0 radical (unpaired) electrons. The molecule has 12 heteroatoms. The van der Waals surface area contributed by atoms with Gasteiger partial charge in [0, 0.05) is 11.6 Å². The average molecular weight is 560 g/mol. The van der Waals surface area contributed by atoms with Crippen LogP contribution in [0.1, 0.15) is 12.0 Å². The normalized spacial score (nSPS) is 11.9. The highest BCUT2D eigenvalue weighted by Gasteiger charge is 2.18. The Kier molecular flexibility index (Phi) is 7.17. The van der Waals surface area contributed by atoms with Gasteiger partial charge in [0.25, 0.3) is 0 Å². The SMILES string of the molecule is Cc1cc(-c2nc3c(F)cc(OCCCS(=O)(=O)c4ccccc4)cc3s2)c2ncc(OC(F)F)nc2c1. The number of hydrogen-bond acceptors (Lipinski definition) is 8.